The number of rotatable bonds is 7. The summed E-state index contributed by atoms with van der Waals surface area (Å²) in [6.07, 6.45) is 2.76. The second kappa shape index (κ2) is 7.58. The standard InChI is InChI=1S/C15H23N3O3S/c1-9-11(10(2)18-14(17-9)22-5)6-7-12(19)16-8-15(3,4)13(20)21/h6-8H2,1-5H3,(H,16,19)(H,20,21). The van der Waals surface area contributed by atoms with Crippen LogP contribution in [-0.4, -0.2) is 39.8 Å². The molecule has 22 heavy (non-hydrogen) atoms. The third kappa shape index (κ3) is 4.98. The zero-order valence-corrected chi connectivity index (χ0v) is 14.5. The summed E-state index contributed by atoms with van der Waals surface area (Å²) >= 11 is 1.49. The van der Waals surface area contributed by atoms with Gasteiger partial charge in [-0.25, -0.2) is 9.97 Å². The van der Waals surface area contributed by atoms with Gasteiger partial charge >= 0.3 is 5.97 Å². The molecule has 7 heteroatoms. The number of carbonyl (C=O) groups is 2. The van der Waals surface area contributed by atoms with Gasteiger partial charge in [0.1, 0.15) is 0 Å². The Labute approximate surface area is 135 Å². The lowest BCUT2D eigenvalue weighted by molar-refractivity contribution is -0.146. The second-order valence-corrected chi connectivity index (χ2v) is 6.60. The van der Waals surface area contributed by atoms with Crippen LogP contribution in [0, 0.1) is 19.3 Å². The Morgan fingerprint density at radius 1 is 1.23 bits per heavy atom. The molecule has 1 aromatic rings. The minimum atomic E-state index is -0.968. The summed E-state index contributed by atoms with van der Waals surface area (Å²) in [5.74, 6) is -1.09. The Bertz CT molecular complexity index is 550. The van der Waals surface area contributed by atoms with Crippen LogP contribution in [-0.2, 0) is 16.0 Å². The summed E-state index contributed by atoms with van der Waals surface area (Å²) in [5.41, 5.74) is 1.78. The van der Waals surface area contributed by atoms with E-state index >= 15 is 0 Å². The van der Waals surface area contributed by atoms with E-state index in [-0.39, 0.29) is 12.5 Å². The lowest BCUT2D eigenvalue weighted by atomic mass is 9.94. The lowest BCUT2D eigenvalue weighted by Gasteiger charge is -2.19. The van der Waals surface area contributed by atoms with Crippen molar-refractivity contribution in [3.63, 3.8) is 0 Å². The fourth-order valence-electron chi connectivity index (χ4n) is 1.88. The first-order valence-electron chi connectivity index (χ1n) is 7.05. The Balaban J connectivity index is 2.60. The molecule has 0 aromatic carbocycles. The number of carbonyl (C=O) groups excluding carboxylic acids is 1. The summed E-state index contributed by atoms with van der Waals surface area (Å²) in [5, 5.41) is 12.4. The lowest BCUT2D eigenvalue weighted by Crippen LogP contribution is -2.39. The van der Waals surface area contributed by atoms with Gasteiger partial charge in [0.05, 0.1) is 5.41 Å². The summed E-state index contributed by atoms with van der Waals surface area (Å²) < 4.78 is 0. The van der Waals surface area contributed by atoms with Crippen LogP contribution in [0.15, 0.2) is 5.16 Å². The summed E-state index contributed by atoms with van der Waals surface area (Å²) in [6, 6.07) is 0. The molecule has 6 nitrogen and oxygen atoms in total. The average molecular weight is 325 g/mol. The highest BCUT2D eigenvalue weighted by Crippen LogP contribution is 2.17. The first kappa shape index (κ1) is 18.4. The molecule has 0 spiro atoms. The van der Waals surface area contributed by atoms with Crippen LogP contribution < -0.4 is 5.32 Å². The average Bonchev–Trinajstić information content (AvgIpc) is 2.43. The van der Waals surface area contributed by atoms with Crippen LogP contribution in [0.3, 0.4) is 0 Å². The number of carboxylic acid groups (broad SMARTS) is 1. The first-order chi connectivity index (χ1) is 10.2. The van der Waals surface area contributed by atoms with E-state index in [1.165, 1.54) is 11.8 Å². The molecule has 0 aliphatic carbocycles. The van der Waals surface area contributed by atoms with Crippen molar-refractivity contribution >= 4 is 23.6 Å². The second-order valence-electron chi connectivity index (χ2n) is 5.83. The summed E-state index contributed by atoms with van der Waals surface area (Å²) in [6.45, 7) is 7.10. The Hall–Kier alpha value is -1.63. The number of aliphatic carboxylic acids is 1. The van der Waals surface area contributed by atoms with Crippen molar-refractivity contribution in [3.05, 3.63) is 17.0 Å². The monoisotopic (exact) mass is 325 g/mol. The number of nitrogens with zero attached hydrogens (tertiary/aromatic N) is 2. The zero-order valence-electron chi connectivity index (χ0n) is 13.7. The molecule has 0 aliphatic heterocycles. The molecular weight excluding hydrogens is 302 g/mol. The van der Waals surface area contributed by atoms with Gasteiger partial charge in [-0.15, -0.1) is 0 Å². The molecule has 0 unspecified atom stereocenters. The van der Waals surface area contributed by atoms with Gasteiger partial charge in [0.25, 0.3) is 0 Å². The molecule has 1 amide bonds. The van der Waals surface area contributed by atoms with Crippen molar-refractivity contribution in [2.24, 2.45) is 5.41 Å². The van der Waals surface area contributed by atoms with Gasteiger partial charge in [-0.3, -0.25) is 9.59 Å². The molecule has 122 valence electrons. The highest BCUT2D eigenvalue weighted by atomic mass is 32.2. The largest absolute Gasteiger partial charge is 0.481 e. The number of hydrogen-bond acceptors (Lipinski definition) is 5. The van der Waals surface area contributed by atoms with E-state index in [0.717, 1.165) is 22.1 Å². The molecule has 0 saturated heterocycles. The molecular formula is C15H23N3O3S. The van der Waals surface area contributed by atoms with E-state index in [1.807, 2.05) is 20.1 Å². The summed E-state index contributed by atoms with van der Waals surface area (Å²) in [4.78, 5) is 31.6. The van der Waals surface area contributed by atoms with Crippen LogP contribution in [0.4, 0.5) is 0 Å². The topological polar surface area (TPSA) is 92.2 Å². The van der Waals surface area contributed by atoms with Gasteiger partial charge < -0.3 is 10.4 Å². The third-order valence-corrected chi connectivity index (χ3v) is 4.04. The third-order valence-electron chi connectivity index (χ3n) is 3.49. The number of thioether (sulfide) groups is 1. The highest BCUT2D eigenvalue weighted by molar-refractivity contribution is 7.98. The molecule has 0 bridgehead atoms. The molecule has 0 fully saturated rings. The Kier molecular flexibility index (Phi) is 6.34. The smallest absolute Gasteiger partial charge is 0.310 e. The van der Waals surface area contributed by atoms with Crippen molar-refractivity contribution in [1.29, 1.82) is 0 Å². The zero-order chi connectivity index (χ0) is 16.9. The predicted molar refractivity (Wildman–Crippen MR) is 86.0 cm³/mol. The van der Waals surface area contributed by atoms with Crippen LogP contribution in [0.1, 0.15) is 37.2 Å². The molecule has 1 heterocycles. The number of nitrogens with one attached hydrogen (secondary N) is 1. The molecule has 1 aromatic heterocycles. The minimum Gasteiger partial charge on any atom is -0.481 e. The fraction of sp³-hybridized carbons (Fsp3) is 0.600. The maximum absolute atomic E-state index is 11.9. The Morgan fingerprint density at radius 3 is 2.23 bits per heavy atom. The van der Waals surface area contributed by atoms with Crippen LogP contribution in [0.5, 0.6) is 0 Å². The summed E-state index contributed by atoms with van der Waals surface area (Å²) in [7, 11) is 0. The van der Waals surface area contributed by atoms with E-state index in [1.54, 1.807) is 13.8 Å². The van der Waals surface area contributed by atoms with Crippen molar-refractivity contribution in [3.8, 4) is 0 Å². The van der Waals surface area contributed by atoms with Crippen LogP contribution in [0.2, 0.25) is 0 Å². The van der Waals surface area contributed by atoms with Crippen LogP contribution in [0.25, 0.3) is 0 Å². The van der Waals surface area contributed by atoms with Crippen molar-refractivity contribution in [2.75, 3.05) is 12.8 Å². The van der Waals surface area contributed by atoms with Gasteiger partial charge in [-0.05, 0) is 45.9 Å². The van der Waals surface area contributed by atoms with E-state index < -0.39 is 11.4 Å². The maximum Gasteiger partial charge on any atom is 0.310 e. The highest BCUT2D eigenvalue weighted by Gasteiger charge is 2.27. The van der Waals surface area contributed by atoms with Crippen LogP contribution >= 0.6 is 11.8 Å². The van der Waals surface area contributed by atoms with Crippen molar-refractivity contribution < 1.29 is 14.7 Å². The van der Waals surface area contributed by atoms with Gasteiger partial charge in [0, 0.05) is 24.4 Å². The number of aromatic nitrogens is 2. The first-order valence-corrected chi connectivity index (χ1v) is 8.28. The minimum absolute atomic E-state index is 0.112. The SMILES string of the molecule is CSc1nc(C)c(CCC(=O)NCC(C)(C)C(=O)O)c(C)n1. The van der Waals surface area contributed by atoms with Gasteiger partial charge in [0.2, 0.25) is 5.91 Å². The molecule has 0 aliphatic rings. The predicted octanol–water partition coefficient (Wildman–Crippen LogP) is 1.97. The van der Waals surface area contributed by atoms with Crippen molar-refractivity contribution in [1.82, 2.24) is 15.3 Å². The Morgan fingerprint density at radius 2 is 1.77 bits per heavy atom. The number of carboxylic acids is 1. The number of amides is 1. The molecule has 1 rings (SSSR count). The quantitative estimate of drug-likeness (QED) is 0.588. The fourth-order valence-corrected chi connectivity index (χ4v) is 2.34. The van der Waals surface area contributed by atoms with E-state index in [9.17, 15) is 9.59 Å². The van der Waals surface area contributed by atoms with E-state index in [2.05, 4.69) is 15.3 Å². The molecule has 0 saturated carbocycles. The molecule has 0 atom stereocenters. The van der Waals surface area contributed by atoms with Crippen molar-refractivity contribution in [2.45, 2.75) is 45.7 Å². The van der Waals surface area contributed by atoms with Gasteiger partial charge in [0.15, 0.2) is 5.16 Å². The normalized spacial score (nSPS) is 11.3. The van der Waals surface area contributed by atoms with Gasteiger partial charge in [-0.1, -0.05) is 11.8 Å². The number of hydrogen-bond donors (Lipinski definition) is 2. The van der Waals surface area contributed by atoms with E-state index in [0.29, 0.717) is 12.8 Å². The van der Waals surface area contributed by atoms with Gasteiger partial charge in [-0.2, -0.15) is 0 Å². The van der Waals surface area contributed by atoms with E-state index in [4.69, 9.17) is 5.11 Å². The molecule has 0 radical (unpaired) electrons. The molecule has 2 N–H and O–H groups in total. The number of aryl methyl sites for hydroxylation is 2. The maximum atomic E-state index is 11.9.